The number of amides is 1. The topological polar surface area (TPSA) is 83.7 Å². The summed E-state index contributed by atoms with van der Waals surface area (Å²) in [5.74, 6) is -1.29. The number of aromatic nitrogens is 1. The van der Waals surface area contributed by atoms with E-state index in [0.717, 1.165) is 10.8 Å². The Hall–Kier alpha value is -4.19. The monoisotopic (exact) mass is 383 g/mol. The highest BCUT2D eigenvalue weighted by Gasteiger charge is 2.09. The van der Waals surface area contributed by atoms with Crippen LogP contribution in [-0.2, 0) is 0 Å². The Morgan fingerprint density at radius 1 is 0.931 bits per heavy atom. The van der Waals surface area contributed by atoms with Crippen LogP contribution in [0.25, 0.3) is 16.5 Å². The maximum Gasteiger partial charge on any atom is 0.335 e. The van der Waals surface area contributed by atoms with Gasteiger partial charge in [-0.2, -0.15) is 5.10 Å². The van der Waals surface area contributed by atoms with Crippen LogP contribution >= 0.6 is 0 Å². The van der Waals surface area contributed by atoms with Crippen molar-refractivity contribution in [3.8, 4) is 5.69 Å². The summed E-state index contributed by atoms with van der Waals surface area (Å²) in [5.41, 5.74) is 4.70. The van der Waals surface area contributed by atoms with Crippen LogP contribution in [0, 0.1) is 0 Å². The summed E-state index contributed by atoms with van der Waals surface area (Å²) in [6.45, 7) is 0. The van der Waals surface area contributed by atoms with Gasteiger partial charge in [-0.3, -0.25) is 4.79 Å². The van der Waals surface area contributed by atoms with Crippen molar-refractivity contribution in [3.05, 3.63) is 102 Å². The van der Waals surface area contributed by atoms with E-state index in [1.807, 2.05) is 48.5 Å². The molecule has 0 atom stereocenters. The molecule has 1 aromatic heterocycles. The lowest BCUT2D eigenvalue weighted by molar-refractivity contribution is 0.0696. The van der Waals surface area contributed by atoms with Crippen molar-refractivity contribution in [3.63, 3.8) is 0 Å². The Balaban J connectivity index is 1.55. The molecule has 0 saturated carbocycles. The molecule has 29 heavy (non-hydrogen) atoms. The fraction of sp³-hybridized carbons (Fsp3) is 0. The number of aromatic carboxylic acids is 1. The van der Waals surface area contributed by atoms with Crippen LogP contribution in [0.15, 0.2) is 90.2 Å². The summed E-state index contributed by atoms with van der Waals surface area (Å²) >= 11 is 0. The summed E-state index contributed by atoms with van der Waals surface area (Å²) in [4.78, 5) is 23.8. The number of rotatable bonds is 5. The summed E-state index contributed by atoms with van der Waals surface area (Å²) < 4.78 is 1.79. The first-order valence-corrected chi connectivity index (χ1v) is 8.96. The van der Waals surface area contributed by atoms with Crippen molar-refractivity contribution in [2.45, 2.75) is 0 Å². The second-order valence-corrected chi connectivity index (χ2v) is 6.38. The average molecular weight is 383 g/mol. The van der Waals surface area contributed by atoms with Gasteiger partial charge in [0, 0.05) is 17.4 Å². The van der Waals surface area contributed by atoms with E-state index in [0.29, 0.717) is 16.9 Å². The van der Waals surface area contributed by atoms with Gasteiger partial charge in [0.05, 0.1) is 17.5 Å². The van der Waals surface area contributed by atoms with Gasteiger partial charge < -0.3 is 9.67 Å². The van der Waals surface area contributed by atoms with Gasteiger partial charge in [0.15, 0.2) is 0 Å². The number of fused-ring (bicyclic) bond motifs is 1. The van der Waals surface area contributed by atoms with Crippen LogP contribution < -0.4 is 5.43 Å². The maximum absolute atomic E-state index is 12.6. The second-order valence-electron chi connectivity index (χ2n) is 6.38. The van der Waals surface area contributed by atoms with Gasteiger partial charge >= 0.3 is 5.97 Å². The Labute approximate surface area is 166 Å². The third-order valence-electron chi connectivity index (χ3n) is 4.55. The molecule has 0 aliphatic heterocycles. The molecule has 6 heteroatoms. The highest BCUT2D eigenvalue weighted by atomic mass is 16.4. The van der Waals surface area contributed by atoms with Gasteiger partial charge in [0.25, 0.3) is 5.91 Å². The van der Waals surface area contributed by atoms with Gasteiger partial charge in [0.1, 0.15) is 0 Å². The molecule has 2 N–H and O–H groups in total. The normalized spacial score (nSPS) is 11.0. The van der Waals surface area contributed by atoms with Gasteiger partial charge in [-0.25, -0.2) is 10.2 Å². The Morgan fingerprint density at radius 3 is 2.59 bits per heavy atom. The summed E-state index contributed by atoms with van der Waals surface area (Å²) in [6, 6.07) is 23.4. The Kier molecular flexibility index (Phi) is 4.90. The van der Waals surface area contributed by atoms with Gasteiger partial charge in [-0.05, 0) is 47.2 Å². The lowest BCUT2D eigenvalue weighted by atomic mass is 10.0. The highest BCUT2D eigenvalue weighted by molar-refractivity contribution is 6.07. The van der Waals surface area contributed by atoms with E-state index >= 15 is 0 Å². The number of carboxylic acid groups (broad SMARTS) is 1. The van der Waals surface area contributed by atoms with Crippen LogP contribution in [0.2, 0.25) is 0 Å². The van der Waals surface area contributed by atoms with Crippen LogP contribution in [0.4, 0.5) is 0 Å². The maximum atomic E-state index is 12.6. The van der Waals surface area contributed by atoms with Crippen LogP contribution in [0.5, 0.6) is 0 Å². The van der Waals surface area contributed by atoms with E-state index in [9.17, 15) is 14.7 Å². The molecule has 6 nitrogen and oxygen atoms in total. The zero-order chi connectivity index (χ0) is 20.2. The average Bonchev–Trinajstić information content (AvgIpc) is 3.22. The van der Waals surface area contributed by atoms with Crippen molar-refractivity contribution in [1.29, 1.82) is 0 Å². The van der Waals surface area contributed by atoms with Gasteiger partial charge in [0.2, 0.25) is 0 Å². The fourth-order valence-electron chi connectivity index (χ4n) is 3.16. The van der Waals surface area contributed by atoms with Crippen LogP contribution in [0.3, 0.4) is 0 Å². The molecule has 0 unspecified atom stereocenters. The standard InChI is InChI=1S/C23H17N3O3/c27-22(21-12-4-7-16-6-1-2-11-20(16)21)25-24-15-19-10-5-13-26(19)18-9-3-8-17(14-18)23(28)29/h1-15H,(H,25,27)(H,28,29)/b24-15-. The first kappa shape index (κ1) is 18.2. The van der Waals surface area contributed by atoms with Crippen molar-refractivity contribution in [2.24, 2.45) is 5.10 Å². The minimum absolute atomic E-state index is 0.198. The number of carboxylic acids is 1. The quantitative estimate of drug-likeness (QED) is 0.402. The molecular formula is C23H17N3O3. The number of nitrogens with one attached hydrogen (secondary N) is 1. The number of hydrogen-bond acceptors (Lipinski definition) is 3. The van der Waals surface area contributed by atoms with E-state index in [1.54, 1.807) is 35.0 Å². The molecule has 0 radical (unpaired) electrons. The SMILES string of the molecule is O=C(O)c1cccc(-n2cccc2/C=N\NC(=O)c2cccc3ccccc23)c1. The van der Waals surface area contributed by atoms with Crippen molar-refractivity contribution >= 4 is 28.9 Å². The molecule has 0 fully saturated rings. The molecule has 0 aliphatic carbocycles. The van der Waals surface area contributed by atoms with Crippen LogP contribution in [-0.4, -0.2) is 27.8 Å². The highest BCUT2D eigenvalue weighted by Crippen LogP contribution is 2.18. The van der Waals surface area contributed by atoms with Crippen molar-refractivity contribution in [2.75, 3.05) is 0 Å². The first-order valence-electron chi connectivity index (χ1n) is 8.96. The number of carbonyl (C=O) groups is 2. The molecule has 1 heterocycles. The van der Waals surface area contributed by atoms with Gasteiger partial charge in [-0.15, -0.1) is 0 Å². The zero-order valence-corrected chi connectivity index (χ0v) is 15.3. The summed E-state index contributed by atoms with van der Waals surface area (Å²) in [6.07, 6.45) is 3.32. The van der Waals surface area contributed by atoms with E-state index in [2.05, 4.69) is 10.5 Å². The molecule has 1 amide bonds. The second kappa shape index (κ2) is 7.82. The molecule has 0 saturated heterocycles. The molecular weight excluding hydrogens is 366 g/mol. The predicted octanol–water partition coefficient (Wildman–Crippen LogP) is 4.09. The Morgan fingerprint density at radius 2 is 1.72 bits per heavy atom. The summed E-state index contributed by atoms with van der Waals surface area (Å²) in [7, 11) is 0. The largest absolute Gasteiger partial charge is 0.478 e. The van der Waals surface area contributed by atoms with Crippen molar-refractivity contribution in [1.82, 2.24) is 9.99 Å². The number of nitrogens with zero attached hydrogens (tertiary/aromatic N) is 2. The predicted molar refractivity (Wildman–Crippen MR) is 112 cm³/mol. The molecule has 0 aliphatic rings. The molecule has 142 valence electrons. The smallest absolute Gasteiger partial charge is 0.335 e. The van der Waals surface area contributed by atoms with Gasteiger partial charge in [-0.1, -0.05) is 42.5 Å². The van der Waals surface area contributed by atoms with E-state index < -0.39 is 5.97 Å². The molecule has 0 bridgehead atoms. The number of hydrazone groups is 1. The van der Waals surface area contributed by atoms with E-state index in [-0.39, 0.29) is 11.5 Å². The lowest BCUT2D eigenvalue weighted by Crippen LogP contribution is -2.18. The zero-order valence-electron chi connectivity index (χ0n) is 15.3. The molecule has 0 spiro atoms. The molecule has 3 aromatic carbocycles. The van der Waals surface area contributed by atoms with E-state index in [1.165, 1.54) is 12.3 Å². The first-order chi connectivity index (χ1) is 14.1. The van der Waals surface area contributed by atoms with Crippen molar-refractivity contribution < 1.29 is 14.7 Å². The summed E-state index contributed by atoms with van der Waals surface area (Å²) in [5, 5.41) is 15.1. The molecule has 4 rings (SSSR count). The number of carbonyl (C=O) groups excluding carboxylic acids is 1. The third kappa shape index (κ3) is 3.77. The fourth-order valence-corrected chi connectivity index (χ4v) is 3.16. The number of benzene rings is 3. The third-order valence-corrected chi connectivity index (χ3v) is 4.55. The Bertz CT molecular complexity index is 1240. The van der Waals surface area contributed by atoms with E-state index in [4.69, 9.17) is 0 Å². The minimum atomic E-state index is -0.989. The van der Waals surface area contributed by atoms with Crippen LogP contribution in [0.1, 0.15) is 26.4 Å². The lowest BCUT2D eigenvalue weighted by Gasteiger charge is -2.07. The number of hydrogen-bond donors (Lipinski definition) is 2. The molecule has 4 aromatic rings. The minimum Gasteiger partial charge on any atom is -0.478 e.